The van der Waals surface area contributed by atoms with E-state index in [0.29, 0.717) is 12.2 Å². The van der Waals surface area contributed by atoms with E-state index >= 15 is 0 Å². The molecule has 0 aliphatic carbocycles. The van der Waals surface area contributed by atoms with Crippen molar-refractivity contribution in [2.24, 2.45) is 5.41 Å². The summed E-state index contributed by atoms with van der Waals surface area (Å²) in [5, 5.41) is 6.09. The van der Waals surface area contributed by atoms with E-state index in [0.717, 1.165) is 25.2 Å². The molecule has 0 atom stereocenters. The Bertz CT molecular complexity index is 410. The standard InChI is InChI=1S/C15H25N3O/c1-5-10-16-13-8-6-7-12(18-13)14(19)17-11-9-15(2,3)4/h6-8H,5,9-11H2,1-4H3,(H,16,18)(H,17,19). The zero-order valence-corrected chi connectivity index (χ0v) is 12.4. The summed E-state index contributed by atoms with van der Waals surface area (Å²) in [6, 6.07) is 5.47. The first-order valence-electron chi connectivity index (χ1n) is 6.91. The summed E-state index contributed by atoms with van der Waals surface area (Å²) in [5.74, 6) is 0.648. The van der Waals surface area contributed by atoms with E-state index in [9.17, 15) is 4.79 Å². The van der Waals surface area contributed by atoms with Crippen molar-refractivity contribution in [2.45, 2.75) is 40.5 Å². The number of pyridine rings is 1. The summed E-state index contributed by atoms with van der Waals surface area (Å²) in [5.41, 5.74) is 0.695. The molecule has 0 unspecified atom stereocenters. The van der Waals surface area contributed by atoms with Crippen molar-refractivity contribution in [1.29, 1.82) is 0 Å². The van der Waals surface area contributed by atoms with Crippen molar-refractivity contribution >= 4 is 11.7 Å². The molecule has 4 heteroatoms. The Labute approximate surface area is 116 Å². The maximum absolute atomic E-state index is 12.0. The van der Waals surface area contributed by atoms with Crippen molar-refractivity contribution < 1.29 is 4.79 Å². The number of aromatic nitrogens is 1. The lowest BCUT2D eigenvalue weighted by atomic mass is 9.92. The van der Waals surface area contributed by atoms with Crippen molar-refractivity contribution in [3.05, 3.63) is 23.9 Å². The van der Waals surface area contributed by atoms with Gasteiger partial charge in [-0.1, -0.05) is 33.8 Å². The van der Waals surface area contributed by atoms with Gasteiger partial charge in [0.25, 0.3) is 5.91 Å². The molecule has 19 heavy (non-hydrogen) atoms. The second-order valence-corrected chi connectivity index (χ2v) is 5.90. The van der Waals surface area contributed by atoms with Gasteiger partial charge in [0, 0.05) is 13.1 Å². The van der Waals surface area contributed by atoms with Crippen LogP contribution in [0.3, 0.4) is 0 Å². The average molecular weight is 263 g/mol. The Morgan fingerprint density at radius 1 is 1.26 bits per heavy atom. The van der Waals surface area contributed by atoms with Crippen molar-refractivity contribution in [2.75, 3.05) is 18.4 Å². The van der Waals surface area contributed by atoms with E-state index in [4.69, 9.17) is 0 Å². The molecule has 0 saturated carbocycles. The largest absolute Gasteiger partial charge is 0.370 e. The first kappa shape index (κ1) is 15.5. The van der Waals surface area contributed by atoms with Gasteiger partial charge in [0.15, 0.2) is 0 Å². The van der Waals surface area contributed by atoms with E-state index in [1.807, 2.05) is 12.1 Å². The summed E-state index contributed by atoms with van der Waals surface area (Å²) in [4.78, 5) is 16.3. The van der Waals surface area contributed by atoms with Crippen LogP contribution in [0.15, 0.2) is 18.2 Å². The molecule has 0 aliphatic heterocycles. The Balaban J connectivity index is 2.52. The Kier molecular flexibility index (Phi) is 5.80. The Morgan fingerprint density at radius 2 is 2.00 bits per heavy atom. The van der Waals surface area contributed by atoms with Gasteiger partial charge < -0.3 is 10.6 Å². The number of hydrogen-bond donors (Lipinski definition) is 2. The van der Waals surface area contributed by atoms with Gasteiger partial charge in [-0.05, 0) is 30.4 Å². The van der Waals surface area contributed by atoms with Crippen molar-refractivity contribution in [1.82, 2.24) is 10.3 Å². The normalized spacial score (nSPS) is 11.2. The number of carbonyl (C=O) groups excluding carboxylic acids is 1. The molecule has 2 N–H and O–H groups in total. The molecule has 0 aromatic carbocycles. The molecule has 1 aromatic heterocycles. The summed E-state index contributed by atoms with van der Waals surface area (Å²) in [6.45, 7) is 10.1. The summed E-state index contributed by atoms with van der Waals surface area (Å²) in [6.07, 6.45) is 1.98. The van der Waals surface area contributed by atoms with E-state index < -0.39 is 0 Å². The van der Waals surface area contributed by atoms with Crippen LogP contribution in [-0.4, -0.2) is 24.0 Å². The molecule has 1 rings (SSSR count). The number of nitrogens with zero attached hydrogens (tertiary/aromatic N) is 1. The zero-order valence-electron chi connectivity index (χ0n) is 12.4. The molecule has 0 spiro atoms. The summed E-state index contributed by atoms with van der Waals surface area (Å²) >= 11 is 0. The first-order chi connectivity index (χ1) is 8.92. The van der Waals surface area contributed by atoms with Crippen LogP contribution in [0.1, 0.15) is 51.0 Å². The van der Waals surface area contributed by atoms with Crippen LogP contribution < -0.4 is 10.6 Å². The number of rotatable bonds is 6. The first-order valence-corrected chi connectivity index (χ1v) is 6.91. The molecular formula is C15H25N3O. The lowest BCUT2D eigenvalue weighted by Gasteiger charge is -2.17. The molecule has 1 heterocycles. The van der Waals surface area contributed by atoms with E-state index in [1.54, 1.807) is 6.07 Å². The van der Waals surface area contributed by atoms with Gasteiger partial charge >= 0.3 is 0 Å². The zero-order chi connectivity index (χ0) is 14.3. The minimum absolute atomic E-state index is 0.107. The lowest BCUT2D eigenvalue weighted by Crippen LogP contribution is -2.28. The second kappa shape index (κ2) is 7.12. The maximum Gasteiger partial charge on any atom is 0.269 e. The van der Waals surface area contributed by atoms with E-state index in [-0.39, 0.29) is 11.3 Å². The predicted octanol–water partition coefficient (Wildman–Crippen LogP) is 3.07. The van der Waals surface area contributed by atoms with Crippen LogP contribution in [0.2, 0.25) is 0 Å². The quantitative estimate of drug-likeness (QED) is 0.829. The highest BCUT2D eigenvalue weighted by molar-refractivity contribution is 5.92. The molecule has 0 aliphatic rings. The number of carbonyl (C=O) groups is 1. The smallest absolute Gasteiger partial charge is 0.269 e. The predicted molar refractivity (Wildman–Crippen MR) is 79.4 cm³/mol. The van der Waals surface area contributed by atoms with Gasteiger partial charge in [0.2, 0.25) is 0 Å². The highest BCUT2D eigenvalue weighted by Gasteiger charge is 2.12. The van der Waals surface area contributed by atoms with E-state index in [2.05, 4.69) is 43.3 Å². The van der Waals surface area contributed by atoms with Gasteiger partial charge in [-0.15, -0.1) is 0 Å². The maximum atomic E-state index is 12.0. The van der Waals surface area contributed by atoms with Crippen molar-refractivity contribution in [3.63, 3.8) is 0 Å². The minimum Gasteiger partial charge on any atom is -0.370 e. The van der Waals surface area contributed by atoms with Crippen molar-refractivity contribution in [3.8, 4) is 0 Å². The van der Waals surface area contributed by atoms with Gasteiger partial charge in [0.05, 0.1) is 0 Å². The number of anilines is 1. The highest BCUT2D eigenvalue weighted by atomic mass is 16.1. The minimum atomic E-state index is -0.107. The van der Waals surface area contributed by atoms with Crippen LogP contribution in [-0.2, 0) is 0 Å². The molecule has 1 aromatic rings. The third kappa shape index (κ3) is 6.22. The third-order valence-electron chi connectivity index (χ3n) is 2.70. The second-order valence-electron chi connectivity index (χ2n) is 5.90. The van der Waals surface area contributed by atoms with Crippen LogP contribution >= 0.6 is 0 Å². The molecule has 1 amide bonds. The van der Waals surface area contributed by atoms with Crippen LogP contribution in [0.25, 0.3) is 0 Å². The van der Waals surface area contributed by atoms with E-state index in [1.165, 1.54) is 0 Å². The van der Waals surface area contributed by atoms with Crippen LogP contribution in [0, 0.1) is 5.41 Å². The fraction of sp³-hybridized carbons (Fsp3) is 0.600. The fourth-order valence-corrected chi connectivity index (χ4v) is 1.55. The number of nitrogens with one attached hydrogen (secondary N) is 2. The fourth-order valence-electron chi connectivity index (χ4n) is 1.55. The van der Waals surface area contributed by atoms with Crippen LogP contribution in [0.4, 0.5) is 5.82 Å². The third-order valence-corrected chi connectivity index (χ3v) is 2.70. The lowest BCUT2D eigenvalue weighted by molar-refractivity contribution is 0.0944. The molecular weight excluding hydrogens is 238 g/mol. The van der Waals surface area contributed by atoms with Gasteiger partial charge in [-0.25, -0.2) is 4.98 Å². The SMILES string of the molecule is CCCNc1cccc(C(=O)NCCC(C)(C)C)n1. The summed E-state index contributed by atoms with van der Waals surface area (Å²) < 4.78 is 0. The molecule has 0 radical (unpaired) electrons. The topological polar surface area (TPSA) is 54.0 Å². The Hall–Kier alpha value is -1.58. The monoisotopic (exact) mass is 263 g/mol. The molecule has 0 bridgehead atoms. The molecule has 0 fully saturated rings. The summed E-state index contributed by atoms with van der Waals surface area (Å²) in [7, 11) is 0. The average Bonchev–Trinajstić information content (AvgIpc) is 2.35. The van der Waals surface area contributed by atoms with Gasteiger partial charge in [0.1, 0.15) is 11.5 Å². The number of amides is 1. The van der Waals surface area contributed by atoms with Gasteiger partial charge in [-0.2, -0.15) is 0 Å². The molecule has 0 saturated heterocycles. The van der Waals surface area contributed by atoms with Gasteiger partial charge in [-0.3, -0.25) is 4.79 Å². The highest BCUT2D eigenvalue weighted by Crippen LogP contribution is 2.17. The Morgan fingerprint density at radius 3 is 2.63 bits per heavy atom. The molecule has 106 valence electrons. The number of hydrogen-bond acceptors (Lipinski definition) is 3. The van der Waals surface area contributed by atoms with Crippen LogP contribution in [0.5, 0.6) is 0 Å². The molecule has 4 nitrogen and oxygen atoms in total.